The Morgan fingerprint density at radius 1 is 1.24 bits per heavy atom. The van der Waals surface area contributed by atoms with Gasteiger partial charge in [-0.15, -0.1) is 0 Å². The van der Waals surface area contributed by atoms with Crippen molar-refractivity contribution < 1.29 is 9.90 Å². The van der Waals surface area contributed by atoms with Crippen LogP contribution in [0.2, 0.25) is 0 Å². The molecular formula is C26H28N6O2. The lowest BCUT2D eigenvalue weighted by Gasteiger charge is -2.31. The standard InChI is InChI=1S/C26H28N6O2/c1-17(31-13-10-18(33)11-14-31)6-9-24(27-2)30-22-8-7-19(21-15-28-26(34)25(21)22)20-16-29-32-12-4-3-5-23(20)32/h3-9,12,16,18,30,33H,2,10-11,13-15H2,1H3,(H,28,34)/b17-6+,24-9+. The first kappa shape index (κ1) is 21.9. The number of piperidine rings is 1. The Bertz CT molecular complexity index is 1310. The number of anilines is 1. The van der Waals surface area contributed by atoms with Crippen molar-refractivity contribution in [3.8, 4) is 11.1 Å². The fourth-order valence-electron chi connectivity index (χ4n) is 4.64. The van der Waals surface area contributed by atoms with Crippen LogP contribution in [0.3, 0.4) is 0 Å². The highest BCUT2D eigenvalue weighted by atomic mass is 16.3. The average molecular weight is 457 g/mol. The summed E-state index contributed by atoms with van der Waals surface area (Å²) in [5.41, 5.74) is 6.31. The summed E-state index contributed by atoms with van der Waals surface area (Å²) in [5.74, 6) is 0.444. The molecule has 0 bridgehead atoms. The number of aliphatic hydroxyl groups is 1. The van der Waals surface area contributed by atoms with Gasteiger partial charge >= 0.3 is 0 Å². The number of hydrogen-bond acceptors (Lipinski definition) is 6. The van der Waals surface area contributed by atoms with Gasteiger partial charge in [-0.2, -0.15) is 5.10 Å². The molecule has 0 unspecified atom stereocenters. The van der Waals surface area contributed by atoms with Crippen LogP contribution < -0.4 is 10.6 Å². The Balaban J connectivity index is 1.44. The van der Waals surface area contributed by atoms with Crippen LogP contribution in [0.4, 0.5) is 5.69 Å². The smallest absolute Gasteiger partial charge is 0.254 e. The van der Waals surface area contributed by atoms with Crippen LogP contribution >= 0.6 is 0 Å². The molecule has 8 heteroatoms. The lowest BCUT2D eigenvalue weighted by Crippen LogP contribution is -2.34. The number of likely N-dealkylation sites (tertiary alicyclic amines) is 1. The fraction of sp³-hybridized carbons (Fsp3) is 0.269. The van der Waals surface area contributed by atoms with E-state index in [1.165, 1.54) is 0 Å². The zero-order valence-corrected chi connectivity index (χ0v) is 19.2. The molecule has 3 aromatic rings. The van der Waals surface area contributed by atoms with Gasteiger partial charge in [-0.1, -0.05) is 12.1 Å². The number of nitrogens with zero attached hydrogens (tertiary/aromatic N) is 4. The number of benzene rings is 1. The highest BCUT2D eigenvalue weighted by Crippen LogP contribution is 2.36. The molecule has 0 radical (unpaired) electrons. The Labute approximate surface area is 198 Å². The number of carbonyl (C=O) groups excluding carboxylic acids is 1. The van der Waals surface area contributed by atoms with Gasteiger partial charge in [0.25, 0.3) is 5.91 Å². The molecule has 4 heterocycles. The molecule has 1 aromatic carbocycles. The minimum absolute atomic E-state index is 0.113. The van der Waals surface area contributed by atoms with Gasteiger partial charge in [-0.3, -0.25) is 4.79 Å². The summed E-state index contributed by atoms with van der Waals surface area (Å²) in [6.07, 6.45) is 8.95. The van der Waals surface area contributed by atoms with E-state index in [1.807, 2.05) is 66.3 Å². The predicted molar refractivity (Wildman–Crippen MR) is 134 cm³/mol. The molecule has 174 valence electrons. The molecule has 2 aliphatic heterocycles. The quantitative estimate of drug-likeness (QED) is 0.390. The lowest BCUT2D eigenvalue weighted by molar-refractivity contribution is 0.0963. The monoisotopic (exact) mass is 456 g/mol. The third-order valence-corrected chi connectivity index (χ3v) is 6.56. The van der Waals surface area contributed by atoms with Gasteiger partial charge in [0.2, 0.25) is 0 Å². The largest absolute Gasteiger partial charge is 0.393 e. The van der Waals surface area contributed by atoms with Crippen LogP contribution in [0, 0.1) is 0 Å². The van der Waals surface area contributed by atoms with Gasteiger partial charge in [-0.25, -0.2) is 9.51 Å². The van der Waals surface area contributed by atoms with Gasteiger partial charge in [0.1, 0.15) is 5.82 Å². The first-order chi connectivity index (χ1) is 16.5. The fourth-order valence-corrected chi connectivity index (χ4v) is 4.64. The highest BCUT2D eigenvalue weighted by Gasteiger charge is 2.27. The van der Waals surface area contributed by atoms with E-state index in [4.69, 9.17) is 0 Å². The molecule has 0 saturated carbocycles. The number of nitrogens with one attached hydrogen (secondary N) is 2. The Morgan fingerprint density at radius 2 is 2.06 bits per heavy atom. The van der Waals surface area contributed by atoms with Crippen molar-refractivity contribution in [2.24, 2.45) is 4.99 Å². The van der Waals surface area contributed by atoms with Crippen molar-refractivity contribution in [3.05, 3.63) is 77.5 Å². The summed E-state index contributed by atoms with van der Waals surface area (Å²) >= 11 is 0. The Hall–Kier alpha value is -3.91. The minimum Gasteiger partial charge on any atom is -0.393 e. The van der Waals surface area contributed by atoms with Crippen LogP contribution in [0.15, 0.2) is 71.4 Å². The summed E-state index contributed by atoms with van der Waals surface area (Å²) in [7, 11) is 0. The topological polar surface area (TPSA) is 94.3 Å². The summed E-state index contributed by atoms with van der Waals surface area (Å²) < 4.78 is 1.83. The van der Waals surface area contributed by atoms with E-state index in [-0.39, 0.29) is 12.0 Å². The van der Waals surface area contributed by atoms with Crippen LogP contribution in [-0.4, -0.2) is 51.4 Å². The Kier molecular flexibility index (Phi) is 5.90. The van der Waals surface area contributed by atoms with E-state index in [0.717, 1.165) is 53.8 Å². The first-order valence-electron chi connectivity index (χ1n) is 11.5. The van der Waals surface area contributed by atoms with E-state index in [9.17, 15) is 9.90 Å². The number of aromatic nitrogens is 2. The minimum atomic E-state index is -0.205. The molecule has 2 aromatic heterocycles. The number of allylic oxidation sites excluding steroid dienone is 3. The molecule has 1 amide bonds. The second-order valence-corrected chi connectivity index (χ2v) is 8.65. The number of pyridine rings is 1. The number of carbonyl (C=O) groups is 1. The third kappa shape index (κ3) is 4.08. The summed E-state index contributed by atoms with van der Waals surface area (Å²) in [6, 6.07) is 9.87. The highest BCUT2D eigenvalue weighted by molar-refractivity contribution is 6.06. The lowest BCUT2D eigenvalue weighted by atomic mass is 9.96. The summed E-state index contributed by atoms with van der Waals surface area (Å²) in [6.45, 7) is 7.87. The van der Waals surface area contributed by atoms with E-state index >= 15 is 0 Å². The molecule has 34 heavy (non-hydrogen) atoms. The van der Waals surface area contributed by atoms with Gasteiger partial charge in [0, 0.05) is 37.1 Å². The number of amides is 1. The van der Waals surface area contributed by atoms with Crippen LogP contribution in [0.1, 0.15) is 35.7 Å². The number of hydrogen-bond donors (Lipinski definition) is 3. The molecule has 3 N–H and O–H groups in total. The second kappa shape index (κ2) is 9.15. The van der Waals surface area contributed by atoms with E-state index in [1.54, 1.807) is 0 Å². The van der Waals surface area contributed by atoms with Gasteiger partial charge in [0.15, 0.2) is 0 Å². The van der Waals surface area contributed by atoms with Crippen molar-refractivity contribution in [2.45, 2.75) is 32.4 Å². The van der Waals surface area contributed by atoms with E-state index in [0.29, 0.717) is 23.6 Å². The van der Waals surface area contributed by atoms with Crippen molar-refractivity contribution in [2.75, 3.05) is 18.4 Å². The van der Waals surface area contributed by atoms with Crippen molar-refractivity contribution in [3.63, 3.8) is 0 Å². The molecule has 1 saturated heterocycles. The zero-order chi connectivity index (χ0) is 23.7. The second-order valence-electron chi connectivity index (χ2n) is 8.65. The first-order valence-corrected chi connectivity index (χ1v) is 11.5. The molecule has 2 aliphatic rings. The normalized spacial score (nSPS) is 17.1. The van der Waals surface area contributed by atoms with Gasteiger partial charge in [0.05, 0.1) is 29.1 Å². The summed E-state index contributed by atoms with van der Waals surface area (Å²) in [5, 5.41) is 20.4. The molecular weight excluding hydrogens is 428 g/mol. The van der Waals surface area contributed by atoms with E-state index in [2.05, 4.69) is 32.3 Å². The number of aliphatic hydroxyl groups excluding tert-OH is 1. The molecule has 0 atom stereocenters. The predicted octanol–water partition coefficient (Wildman–Crippen LogP) is 3.56. The molecule has 0 aliphatic carbocycles. The number of rotatable bonds is 6. The van der Waals surface area contributed by atoms with Crippen LogP contribution in [0.25, 0.3) is 16.6 Å². The Morgan fingerprint density at radius 3 is 2.85 bits per heavy atom. The third-order valence-electron chi connectivity index (χ3n) is 6.56. The maximum absolute atomic E-state index is 12.8. The number of aliphatic imine (C=N–C) groups is 1. The zero-order valence-electron chi connectivity index (χ0n) is 19.2. The van der Waals surface area contributed by atoms with Crippen LogP contribution in [-0.2, 0) is 6.54 Å². The summed E-state index contributed by atoms with van der Waals surface area (Å²) in [4.78, 5) is 19.1. The maximum atomic E-state index is 12.8. The van der Waals surface area contributed by atoms with Crippen molar-refractivity contribution in [1.82, 2.24) is 19.8 Å². The van der Waals surface area contributed by atoms with E-state index < -0.39 is 0 Å². The van der Waals surface area contributed by atoms with Gasteiger partial charge in [-0.05, 0) is 68.0 Å². The van der Waals surface area contributed by atoms with Crippen LogP contribution in [0.5, 0.6) is 0 Å². The molecule has 5 rings (SSSR count). The average Bonchev–Trinajstić information content (AvgIpc) is 3.46. The molecule has 1 fully saturated rings. The number of fused-ring (bicyclic) bond motifs is 2. The molecule has 0 spiro atoms. The maximum Gasteiger partial charge on any atom is 0.254 e. The van der Waals surface area contributed by atoms with Crippen molar-refractivity contribution in [1.29, 1.82) is 0 Å². The SMILES string of the molecule is C=N/C(=C\C=C(/C)N1CCC(O)CC1)Nc1ccc(-c2cnn3ccccc23)c2c1C(=O)NC2. The molecule has 8 nitrogen and oxygen atoms in total. The van der Waals surface area contributed by atoms with Crippen molar-refractivity contribution >= 4 is 23.8 Å². The van der Waals surface area contributed by atoms with Gasteiger partial charge < -0.3 is 20.6 Å².